The summed E-state index contributed by atoms with van der Waals surface area (Å²) in [5.41, 5.74) is 2.47. The van der Waals surface area contributed by atoms with Crippen LogP contribution < -0.4 is 10.6 Å². The van der Waals surface area contributed by atoms with E-state index in [0.29, 0.717) is 17.1 Å². The van der Waals surface area contributed by atoms with Gasteiger partial charge in [0.25, 0.3) is 5.91 Å². The van der Waals surface area contributed by atoms with E-state index in [1.165, 1.54) is 0 Å². The molecule has 0 fully saturated rings. The molecule has 2 N–H and O–H groups in total. The molecule has 2 aromatic carbocycles. The molecule has 0 aliphatic heterocycles. The van der Waals surface area contributed by atoms with Gasteiger partial charge in [-0.2, -0.15) is 0 Å². The summed E-state index contributed by atoms with van der Waals surface area (Å²) in [6.07, 6.45) is 0. The zero-order chi connectivity index (χ0) is 17.1. The first kappa shape index (κ1) is 16.7. The Balaban J connectivity index is 1.74. The number of benzene rings is 2. The largest absolute Gasteiger partial charge is 0.366 e. The quantitative estimate of drug-likeness (QED) is 0.667. The predicted octanol–water partition coefficient (Wildman–Crippen LogP) is 4.62. The Kier molecular flexibility index (Phi) is 5.02. The van der Waals surface area contributed by atoms with Crippen molar-refractivity contribution in [1.29, 1.82) is 0 Å². The molecular formula is C18H15BrClN3O. The molecule has 0 atom stereocenters. The second kappa shape index (κ2) is 7.20. The highest BCUT2D eigenvalue weighted by Crippen LogP contribution is 2.27. The molecule has 3 aromatic rings. The minimum absolute atomic E-state index is 0.0912. The summed E-state index contributed by atoms with van der Waals surface area (Å²) in [6, 6.07) is 15.2. The number of nitrogens with one attached hydrogen (secondary N) is 2. The van der Waals surface area contributed by atoms with E-state index < -0.39 is 0 Å². The van der Waals surface area contributed by atoms with Crippen molar-refractivity contribution in [2.45, 2.75) is 6.54 Å². The number of hydrogen-bond donors (Lipinski definition) is 2. The average molecular weight is 405 g/mol. The topological polar surface area (TPSA) is 54.0 Å². The summed E-state index contributed by atoms with van der Waals surface area (Å²) in [5, 5.41) is 7.47. The van der Waals surface area contributed by atoms with Gasteiger partial charge in [-0.05, 0) is 42.0 Å². The normalized spacial score (nSPS) is 10.6. The van der Waals surface area contributed by atoms with Crippen molar-refractivity contribution < 1.29 is 4.79 Å². The van der Waals surface area contributed by atoms with E-state index in [2.05, 4.69) is 31.5 Å². The van der Waals surface area contributed by atoms with Crippen LogP contribution in [0.15, 0.2) is 53.0 Å². The summed E-state index contributed by atoms with van der Waals surface area (Å²) < 4.78 is 0.929. The van der Waals surface area contributed by atoms with Gasteiger partial charge in [0.1, 0.15) is 5.82 Å². The van der Waals surface area contributed by atoms with Gasteiger partial charge in [0, 0.05) is 29.0 Å². The first-order valence-electron chi connectivity index (χ1n) is 7.37. The van der Waals surface area contributed by atoms with E-state index in [1.54, 1.807) is 19.2 Å². The van der Waals surface area contributed by atoms with E-state index in [4.69, 9.17) is 11.6 Å². The van der Waals surface area contributed by atoms with Gasteiger partial charge in [0.2, 0.25) is 0 Å². The highest BCUT2D eigenvalue weighted by Gasteiger charge is 2.05. The molecule has 0 saturated carbocycles. The van der Waals surface area contributed by atoms with Crippen LogP contribution in [0, 0.1) is 0 Å². The lowest BCUT2D eigenvalue weighted by atomic mass is 10.1. The number of aromatic nitrogens is 1. The van der Waals surface area contributed by atoms with Gasteiger partial charge < -0.3 is 10.6 Å². The van der Waals surface area contributed by atoms with E-state index in [-0.39, 0.29) is 5.91 Å². The van der Waals surface area contributed by atoms with Crippen LogP contribution in [0.4, 0.5) is 5.82 Å². The van der Waals surface area contributed by atoms with Crippen LogP contribution in [0.5, 0.6) is 0 Å². The number of hydrogen-bond acceptors (Lipinski definition) is 3. The fourth-order valence-corrected chi connectivity index (χ4v) is 3.24. The fourth-order valence-electron chi connectivity index (χ4n) is 2.37. The molecule has 0 radical (unpaired) electrons. The molecule has 6 heteroatoms. The van der Waals surface area contributed by atoms with Crippen LogP contribution >= 0.6 is 27.5 Å². The maximum atomic E-state index is 11.5. The Morgan fingerprint density at radius 2 is 1.92 bits per heavy atom. The lowest BCUT2D eigenvalue weighted by Gasteiger charge is -2.09. The van der Waals surface area contributed by atoms with E-state index >= 15 is 0 Å². The van der Waals surface area contributed by atoms with Crippen molar-refractivity contribution in [2.75, 3.05) is 12.4 Å². The van der Waals surface area contributed by atoms with Crippen LogP contribution in [0.2, 0.25) is 5.02 Å². The third-order valence-electron chi connectivity index (χ3n) is 3.63. The van der Waals surface area contributed by atoms with Gasteiger partial charge >= 0.3 is 0 Å². The molecule has 1 heterocycles. The minimum Gasteiger partial charge on any atom is -0.366 e. The molecule has 0 unspecified atom stereocenters. The van der Waals surface area contributed by atoms with E-state index in [0.717, 1.165) is 26.8 Å². The van der Waals surface area contributed by atoms with Gasteiger partial charge in [-0.1, -0.05) is 39.7 Å². The first-order valence-corrected chi connectivity index (χ1v) is 8.54. The van der Waals surface area contributed by atoms with Crippen molar-refractivity contribution >= 4 is 50.2 Å². The van der Waals surface area contributed by atoms with Crippen molar-refractivity contribution in [2.24, 2.45) is 0 Å². The molecule has 1 amide bonds. The van der Waals surface area contributed by atoms with E-state index in [9.17, 15) is 4.79 Å². The predicted molar refractivity (Wildman–Crippen MR) is 102 cm³/mol. The van der Waals surface area contributed by atoms with Crippen LogP contribution in [0.25, 0.3) is 10.9 Å². The third-order valence-corrected chi connectivity index (χ3v) is 4.37. The Morgan fingerprint density at radius 1 is 1.17 bits per heavy atom. The number of carbonyl (C=O) groups excluding carboxylic acids is 1. The standard InChI is InChI=1S/C18H15BrClN3O/c1-21-18(24)12-4-2-11(3-5-12)10-22-16-7-6-13-8-14(19)9-15(20)17(13)23-16/h2-9H,10H2,1H3,(H,21,24)(H,22,23). The minimum atomic E-state index is -0.0912. The molecule has 24 heavy (non-hydrogen) atoms. The van der Waals surface area contributed by atoms with Crippen LogP contribution in [0.1, 0.15) is 15.9 Å². The Morgan fingerprint density at radius 3 is 2.62 bits per heavy atom. The zero-order valence-electron chi connectivity index (χ0n) is 12.9. The summed E-state index contributed by atoms with van der Waals surface area (Å²) >= 11 is 9.68. The van der Waals surface area contributed by atoms with Crippen LogP contribution in [0.3, 0.4) is 0 Å². The zero-order valence-corrected chi connectivity index (χ0v) is 15.3. The Bertz CT molecular complexity index is 897. The number of rotatable bonds is 4. The highest BCUT2D eigenvalue weighted by atomic mass is 79.9. The maximum absolute atomic E-state index is 11.5. The molecule has 0 aliphatic rings. The monoisotopic (exact) mass is 403 g/mol. The van der Waals surface area contributed by atoms with E-state index in [1.807, 2.05) is 36.4 Å². The van der Waals surface area contributed by atoms with Gasteiger partial charge in [0.05, 0.1) is 10.5 Å². The van der Waals surface area contributed by atoms with Crippen molar-refractivity contribution in [1.82, 2.24) is 10.3 Å². The lowest BCUT2D eigenvalue weighted by Crippen LogP contribution is -2.17. The third kappa shape index (κ3) is 3.68. The fraction of sp³-hybridized carbons (Fsp3) is 0.111. The molecule has 0 spiro atoms. The number of pyridine rings is 1. The highest BCUT2D eigenvalue weighted by molar-refractivity contribution is 9.10. The summed E-state index contributed by atoms with van der Waals surface area (Å²) in [4.78, 5) is 16.1. The second-order valence-electron chi connectivity index (χ2n) is 5.29. The molecule has 3 rings (SSSR count). The number of amides is 1. The van der Waals surface area contributed by atoms with Crippen LogP contribution in [-0.4, -0.2) is 17.9 Å². The second-order valence-corrected chi connectivity index (χ2v) is 6.61. The lowest BCUT2D eigenvalue weighted by molar-refractivity contribution is 0.0963. The van der Waals surface area contributed by atoms with Gasteiger partial charge in [-0.15, -0.1) is 0 Å². The number of fused-ring (bicyclic) bond motifs is 1. The molecule has 1 aromatic heterocycles. The van der Waals surface area contributed by atoms with Crippen molar-refractivity contribution in [3.05, 3.63) is 69.2 Å². The molecule has 4 nitrogen and oxygen atoms in total. The number of nitrogens with zero attached hydrogens (tertiary/aromatic N) is 1. The summed E-state index contributed by atoms with van der Waals surface area (Å²) in [6.45, 7) is 0.612. The molecule has 122 valence electrons. The van der Waals surface area contributed by atoms with Gasteiger partial charge in [-0.25, -0.2) is 4.98 Å². The van der Waals surface area contributed by atoms with Crippen molar-refractivity contribution in [3.8, 4) is 0 Å². The number of anilines is 1. The number of halogens is 2. The SMILES string of the molecule is CNC(=O)c1ccc(CNc2ccc3cc(Br)cc(Cl)c3n2)cc1. The summed E-state index contributed by atoms with van der Waals surface area (Å²) in [7, 11) is 1.62. The van der Waals surface area contributed by atoms with Crippen molar-refractivity contribution in [3.63, 3.8) is 0 Å². The molecule has 0 aliphatic carbocycles. The molecular weight excluding hydrogens is 390 g/mol. The average Bonchev–Trinajstić information content (AvgIpc) is 2.60. The number of carbonyl (C=O) groups is 1. The summed E-state index contributed by atoms with van der Waals surface area (Å²) in [5.74, 6) is 0.661. The van der Waals surface area contributed by atoms with Gasteiger partial charge in [-0.3, -0.25) is 4.79 Å². The first-order chi connectivity index (χ1) is 11.6. The maximum Gasteiger partial charge on any atom is 0.251 e. The smallest absolute Gasteiger partial charge is 0.251 e. The molecule has 0 bridgehead atoms. The van der Waals surface area contributed by atoms with Crippen LogP contribution in [-0.2, 0) is 6.54 Å². The Labute approximate surface area is 153 Å². The van der Waals surface area contributed by atoms with Gasteiger partial charge in [0.15, 0.2) is 0 Å². The molecule has 0 saturated heterocycles. The Hall–Kier alpha value is -2.11.